The lowest BCUT2D eigenvalue weighted by molar-refractivity contribution is -0.145. The first-order valence-corrected chi connectivity index (χ1v) is 5.72. The van der Waals surface area contributed by atoms with Crippen molar-refractivity contribution in [2.45, 2.75) is 6.92 Å². The first-order valence-electron chi connectivity index (χ1n) is 5.72. The van der Waals surface area contributed by atoms with Crippen molar-refractivity contribution in [1.29, 1.82) is 0 Å². The molecule has 98 valence electrons. The van der Waals surface area contributed by atoms with Crippen molar-refractivity contribution in [3.05, 3.63) is 0 Å². The zero-order valence-electron chi connectivity index (χ0n) is 10.6. The maximum Gasteiger partial charge on any atom is 0.319 e. The molecular weight excluding hydrogens is 224 g/mol. The predicted octanol–water partition coefficient (Wildman–Crippen LogP) is 0.180. The number of ether oxygens (including phenoxy) is 2. The molecule has 17 heavy (non-hydrogen) atoms. The highest BCUT2D eigenvalue weighted by atomic mass is 16.5. The number of hydrogen-bond acceptors (Lipinski definition) is 4. The Morgan fingerprint density at radius 2 is 2.00 bits per heavy atom. The average molecular weight is 244 g/mol. The fourth-order valence-corrected chi connectivity index (χ4v) is 1.76. The summed E-state index contributed by atoms with van der Waals surface area (Å²) < 4.78 is 9.81. The van der Waals surface area contributed by atoms with Crippen LogP contribution in [-0.2, 0) is 14.3 Å². The van der Waals surface area contributed by atoms with Crippen LogP contribution in [0.2, 0.25) is 0 Å². The second-order valence-electron chi connectivity index (χ2n) is 4.19. The van der Waals surface area contributed by atoms with E-state index in [-0.39, 0.29) is 17.9 Å². The minimum atomic E-state index is -0.310. The van der Waals surface area contributed by atoms with E-state index in [1.165, 1.54) is 7.11 Å². The maximum absolute atomic E-state index is 12.0. The highest BCUT2D eigenvalue weighted by Crippen LogP contribution is 2.06. The van der Waals surface area contributed by atoms with Crippen LogP contribution in [-0.4, -0.2) is 68.8 Å². The van der Waals surface area contributed by atoms with E-state index in [0.717, 1.165) is 0 Å². The van der Waals surface area contributed by atoms with E-state index in [4.69, 9.17) is 4.74 Å². The Morgan fingerprint density at radius 1 is 1.41 bits per heavy atom. The fourth-order valence-electron chi connectivity index (χ4n) is 1.76. The molecule has 0 aromatic carbocycles. The van der Waals surface area contributed by atoms with Crippen LogP contribution in [0, 0.1) is 5.92 Å². The molecule has 1 unspecified atom stereocenters. The SMILES string of the molecule is COC(=O)C(C)CN(C)C(=O)N1CCOCC1. The molecule has 1 rings (SSSR count). The zero-order valence-corrected chi connectivity index (χ0v) is 10.6. The molecule has 0 aliphatic carbocycles. The van der Waals surface area contributed by atoms with Crippen molar-refractivity contribution in [3.8, 4) is 0 Å². The van der Waals surface area contributed by atoms with Crippen LogP contribution in [0.25, 0.3) is 0 Å². The van der Waals surface area contributed by atoms with Crippen molar-refractivity contribution in [2.24, 2.45) is 5.92 Å². The Bertz CT molecular complexity index is 277. The molecule has 1 saturated heterocycles. The van der Waals surface area contributed by atoms with Crippen molar-refractivity contribution in [2.75, 3.05) is 47.0 Å². The summed E-state index contributed by atoms with van der Waals surface area (Å²) in [7, 11) is 3.04. The number of carbonyl (C=O) groups is 2. The van der Waals surface area contributed by atoms with Crippen LogP contribution in [0.3, 0.4) is 0 Å². The first-order chi connectivity index (χ1) is 8.06. The number of urea groups is 1. The lowest BCUT2D eigenvalue weighted by Gasteiger charge is -2.31. The van der Waals surface area contributed by atoms with Gasteiger partial charge in [-0.15, -0.1) is 0 Å². The standard InChI is InChI=1S/C11H20N2O4/c1-9(10(14)16-3)8-12(2)11(15)13-4-6-17-7-5-13/h9H,4-8H2,1-3H3. The van der Waals surface area contributed by atoms with Crippen LogP contribution in [0.1, 0.15) is 6.92 Å². The third-order valence-corrected chi connectivity index (χ3v) is 2.76. The van der Waals surface area contributed by atoms with E-state index >= 15 is 0 Å². The number of esters is 1. The van der Waals surface area contributed by atoms with Gasteiger partial charge in [-0.2, -0.15) is 0 Å². The Labute approximate surface area is 101 Å². The molecule has 0 N–H and O–H groups in total. The van der Waals surface area contributed by atoms with Gasteiger partial charge in [0.1, 0.15) is 0 Å². The number of methoxy groups -OCH3 is 1. The van der Waals surface area contributed by atoms with Gasteiger partial charge in [0.2, 0.25) is 0 Å². The normalized spacial score (nSPS) is 17.5. The third-order valence-electron chi connectivity index (χ3n) is 2.76. The largest absolute Gasteiger partial charge is 0.469 e. The number of rotatable bonds is 3. The number of morpholine rings is 1. The van der Waals surface area contributed by atoms with E-state index in [9.17, 15) is 9.59 Å². The quantitative estimate of drug-likeness (QED) is 0.664. The van der Waals surface area contributed by atoms with Gasteiger partial charge in [-0.05, 0) is 0 Å². The van der Waals surface area contributed by atoms with E-state index in [0.29, 0.717) is 32.8 Å². The molecule has 0 aromatic heterocycles. The molecule has 6 nitrogen and oxygen atoms in total. The molecule has 1 fully saturated rings. The van der Waals surface area contributed by atoms with E-state index < -0.39 is 0 Å². The summed E-state index contributed by atoms with van der Waals surface area (Å²) in [6, 6.07) is -0.0657. The minimum absolute atomic E-state index is 0.0657. The summed E-state index contributed by atoms with van der Waals surface area (Å²) in [6.07, 6.45) is 0. The van der Waals surface area contributed by atoms with Crippen LogP contribution in [0.4, 0.5) is 4.79 Å². The lowest BCUT2D eigenvalue weighted by atomic mass is 10.2. The van der Waals surface area contributed by atoms with Crippen LogP contribution in [0.5, 0.6) is 0 Å². The number of nitrogens with zero attached hydrogens (tertiary/aromatic N) is 2. The molecule has 2 amide bonds. The van der Waals surface area contributed by atoms with E-state index in [1.54, 1.807) is 23.8 Å². The van der Waals surface area contributed by atoms with Gasteiger partial charge in [0.25, 0.3) is 0 Å². The van der Waals surface area contributed by atoms with Gasteiger partial charge in [-0.1, -0.05) is 6.92 Å². The summed E-state index contributed by atoms with van der Waals surface area (Å²) in [4.78, 5) is 26.5. The summed E-state index contributed by atoms with van der Waals surface area (Å²) in [6.45, 7) is 4.47. The molecule has 6 heteroatoms. The zero-order chi connectivity index (χ0) is 12.8. The Balaban J connectivity index is 2.43. The number of carbonyl (C=O) groups excluding carboxylic acids is 2. The van der Waals surface area contributed by atoms with Gasteiger partial charge in [-0.3, -0.25) is 4.79 Å². The maximum atomic E-state index is 12.0. The highest BCUT2D eigenvalue weighted by molar-refractivity contribution is 5.76. The smallest absolute Gasteiger partial charge is 0.319 e. The molecule has 1 aliphatic rings. The van der Waals surface area contributed by atoms with Crippen molar-refractivity contribution in [3.63, 3.8) is 0 Å². The fraction of sp³-hybridized carbons (Fsp3) is 0.818. The molecule has 0 aromatic rings. The minimum Gasteiger partial charge on any atom is -0.469 e. The predicted molar refractivity (Wildman–Crippen MR) is 61.6 cm³/mol. The summed E-state index contributed by atoms with van der Waals surface area (Å²) >= 11 is 0. The molecule has 0 bridgehead atoms. The lowest BCUT2D eigenvalue weighted by Crippen LogP contribution is -2.48. The van der Waals surface area contributed by atoms with Crippen LogP contribution >= 0.6 is 0 Å². The number of hydrogen-bond donors (Lipinski definition) is 0. The molecular formula is C11H20N2O4. The van der Waals surface area contributed by atoms with Crippen molar-refractivity contribution in [1.82, 2.24) is 9.80 Å². The van der Waals surface area contributed by atoms with Gasteiger partial charge in [0.05, 0.1) is 26.2 Å². The van der Waals surface area contributed by atoms with Crippen LogP contribution < -0.4 is 0 Å². The molecule has 1 aliphatic heterocycles. The molecule has 1 heterocycles. The van der Waals surface area contributed by atoms with E-state index in [2.05, 4.69) is 4.74 Å². The van der Waals surface area contributed by atoms with Gasteiger partial charge >= 0.3 is 12.0 Å². The molecule has 0 saturated carbocycles. The van der Waals surface area contributed by atoms with Crippen LogP contribution in [0.15, 0.2) is 0 Å². The summed E-state index contributed by atoms with van der Waals surface area (Å²) in [5.41, 5.74) is 0. The molecule has 0 spiro atoms. The average Bonchev–Trinajstić information content (AvgIpc) is 2.37. The second-order valence-corrected chi connectivity index (χ2v) is 4.19. The highest BCUT2D eigenvalue weighted by Gasteiger charge is 2.23. The monoisotopic (exact) mass is 244 g/mol. The summed E-state index contributed by atoms with van der Waals surface area (Å²) in [5.74, 6) is -0.610. The van der Waals surface area contributed by atoms with Gasteiger partial charge < -0.3 is 19.3 Å². The Morgan fingerprint density at radius 3 is 2.53 bits per heavy atom. The van der Waals surface area contributed by atoms with Gasteiger partial charge in [-0.25, -0.2) is 4.79 Å². The van der Waals surface area contributed by atoms with Crippen molar-refractivity contribution >= 4 is 12.0 Å². The third kappa shape index (κ3) is 3.89. The second kappa shape index (κ2) is 6.44. The Hall–Kier alpha value is -1.30. The first kappa shape index (κ1) is 13.8. The van der Waals surface area contributed by atoms with Gasteiger partial charge in [0, 0.05) is 26.7 Å². The molecule has 1 atom stereocenters. The van der Waals surface area contributed by atoms with Gasteiger partial charge in [0.15, 0.2) is 0 Å². The Kier molecular flexibility index (Phi) is 5.21. The van der Waals surface area contributed by atoms with Crippen molar-refractivity contribution < 1.29 is 19.1 Å². The topological polar surface area (TPSA) is 59.1 Å². The summed E-state index contributed by atoms with van der Waals surface area (Å²) in [5, 5.41) is 0. The number of amides is 2. The molecule has 0 radical (unpaired) electrons. The van der Waals surface area contributed by atoms with E-state index in [1.807, 2.05) is 0 Å².